The van der Waals surface area contributed by atoms with Gasteiger partial charge in [0.15, 0.2) is 17.5 Å². The molecule has 2 aromatic rings. The first-order valence-electron chi connectivity index (χ1n) is 10.4. The number of ether oxygens (including phenoxy) is 2. The molecule has 0 spiro atoms. The van der Waals surface area contributed by atoms with Gasteiger partial charge < -0.3 is 20.1 Å². The number of nitrogens with two attached hydrogens (primary N) is 1. The zero-order valence-electron chi connectivity index (χ0n) is 18.1. The first-order chi connectivity index (χ1) is 14.5. The number of hydrogen-bond donors (Lipinski definition) is 3. The zero-order chi connectivity index (χ0) is 21.9. The maximum Gasteiger partial charge on any atom is 0.321 e. The Morgan fingerprint density at radius 1 is 0.933 bits per heavy atom. The lowest BCUT2D eigenvalue weighted by atomic mass is 10.0. The molecule has 0 saturated carbocycles. The van der Waals surface area contributed by atoms with E-state index in [0.717, 1.165) is 11.1 Å². The fourth-order valence-electron chi connectivity index (χ4n) is 3.16. The van der Waals surface area contributed by atoms with Crippen LogP contribution in [-0.4, -0.2) is 31.7 Å². The molecule has 0 fully saturated rings. The number of imide groups is 1. The molecule has 3 amide bonds. The molecule has 0 heterocycles. The maximum atomic E-state index is 12.9. The van der Waals surface area contributed by atoms with Crippen molar-refractivity contribution < 1.29 is 24.4 Å². The number of urea groups is 1. The van der Waals surface area contributed by atoms with E-state index < -0.39 is 12.1 Å². The van der Waals surface area contributed by atoms with Crippen molar-refractivity contribution in [1.82, 2.24) is 10.6 Å². The highest BCUT2D eigenvalue weighted by Crippen LogP contribution is 2.30. The minimum Gasteiger partial charge on any atom is -0.490 e. The Balaban J connectivity index is 2.25. The van der Waals surface area contributed by atoms with Gasteiger partial charge in [0, 0.05) is 17.7 Å². The molecule has 2 atom stereocenters. The fraction of sp³-hybridized carbons (Fsp3) is 0.391. The first-order valence-corrected chi connectivity index (χ1v) is 10.4. The van der Waals surface area contributed by atoms with Gasteiger partial charge in [0.05, 0.1) is 13.2 Å². The highest BCUT2D eigenvalue weighted by atomic mass is 16.5. The zero-order valence-corrected chi connectivity index (χ0v) is 18.1. The Labute approximate surface area is 178 Å². The number of nitrogens with one attached hydrogen (secondary N) is 2. The van der Waals surface area contributed by atoms with Crippen LogP contribution in [0.4, 0.5) is 4.79 Å². The third-order valence-corrected chi connectivity index (χ3v) is 4.59. The van der Waals surface area contributed by atoms with Crippen LogP contribution in [-0.2, 0) is 4.79 Å². The molecule has 0 bridgehead atoms. The summed E-state index contributed by atoms with van der Waals surface area (Å²) in [5, 5.41) is 6.96. The number of hydrogen-bond acceptors (Lipinski definition) is 4. The molecule has 7 heteroatoms. The summed E-state index contributed by atoms with van der Waals surface area (Å²) in [5.74, 6) is 1.01. The van der Waals surface area contributed by atoms with E-state index in [2.05, 4.69) is 10.6 Å². The van der Waals surface area contributed by atoms with Crippen LogP contribution in [0.1, 0.15) is 50.9 Å². The molecule has 0 aliphatic rings. The Morgan fingerprint density at radius 2 is 1.60 bits per heavy atom. The van der Waals surface area contributed by atoms with Crippen molar-refractivity contribution in [1.29, 1.82) is 0 Å². The van der Waals surface area contributed by atoms with E-state index in [4.69, 9.17) is 9.47 Å². The van der Waals surface area contributed by atoms with Crippen molar-refractivity contribution in [3.63, 3.8) is 0 Å². The molecule has 7 nitrogen and oxygen atoms in total. The molecular formula is C23H32N3O4+. The quantitative estimate of drug-likeness (QED) is 0.557. The van der Waals surface area contributed by atoms with Crippen molar-refractivity contribution in [3.8, 4) is 11.5 Å². The van der Waals surface area contributed by atoms with Crippen LogP contribution < -0.4 is 25.4 Å². The molecule has 0 aliphatic heterocycles. The molecule has 4 N–H and O–H groups in total. The Morgan fingerprint density at radius 3 is 2.23 bits per heavy atom. The summed E-state index contributed by atoms with van der Waals surface area (Å²) in [6, 6.07) is 14.1. The number of rotatable bonds is 10. The monoisotopic (exact) mass is 414 g/mol. The number of amides is 3. The average Bonchev–Trinajstić information content (AvgIpc) is 2.74. The van der Waals surface area contributed by atoms with Crippen molar-refractivity contribution in [2.75, 3.05) is 19.8 Å². The summed E-state index contributed by atoms with van der Waals surface area (Å²) in [6.45, 7) is 9.20. The van der Waals surface area contributed by atoms with Crippen LogP contribution in [0.5, 0.6) is 11.5 Å². The van der Waals surface area contributed by atoms with E-state index in [0.29, 0.717) is 31.3 Å². The van der Waals surface area contributed by atoms with Gasteiger partial charge in [0.2, 0.25) is 0 Å². The highest BCUT2D eigenvalue weighted by Gasteiger charge is 2.28. The average molecular weight is 415 g/mol. The fourth-order valence-corrected chi connectivity index (χ4v) is 3.16. The molecule has 0 aromatic heterocycles. The molecule has 0 aliphatic carbocycles. The van der Waals surface area contributed by atoms with Crippen LogP contribution in [0, 0.1) is 0 Å². The van der Waals surface area contributed by atoms with E-state index in [9.17, 15) is 9.59 Å². The van der Waals surface area contributed by atoms with Gasteiger partial charge in [-0.25, -0.2) is 4.79 Å². The van der Waals surface area contributed by atoms with Crippen molar-refractivity contribution in [2.24, 2.45) is 0 Å². The van der Waals surface area contributed by atoms with Crippen LogP contribution in [0.25, 0.3) is 0 Å². The molecule has 2 rings (SSSR count). The predicted molar refractivity (Wildman–Crippen MR) is 116 cm³/mol. The first kappa shape index (κ1) is 23.2. The van der Waals surface area contributed by atoms with E-state index in [1.54, 1.807) is 6.92 Å². The second kappa shape index (κ2) is 11.8. The van der Waals surface area contributed by atoms with Crippen LogP contribution >= 0.6 is 0 Å². The van der Waals surface area contributed by atoms with Crippen LogP contribution in [0.3, 0.4) is 0 Å². The van der Waals surface area contributed by atoms with E-state index in [1.165, 1.54) is 0 Å². The van der Waals surface area contributed by atoms with Crippen molar-refractivity contribution in [3.05, 3.63) is 59.7 Å². The van der Waals surface area contributed by atoms with Gasteiger partial charge in [-0.3, -0.25) is 10.1 Å². The van der Waals surface area contributed by atoms with Crippen molar-refractivity contribution in [2.45, 2.75) is 39.8 Å². The maximum absolute atomic E-state index is 12.9. The lowest BCUT2D eigenvalue weighted by Crippen LogP contribution is -2.88. The highest BCUT2D eigenvalue weighted by molar-refractivity contribution is 5.96. The molecule has 30 heavy (non-hydrogen) atoms. The minimum absolute atomic E-state index is 0.0647. The topological polar surface area (TPSA) is 93.3 Å². The lowest BCUT2D eigenvalue weighted by molar-refractivity contribution is -0.719. The van der Waals surface area contributed by atoms with E-state index in [-0.39, 0.29) is 11.9 Å². The van der Waals surface area contributed by atoms with E-state index >= 15 is 0 Å². The summed E-state index contributed by atoms with van der Waals surface area (Å²) in [5.41, 5.74) is 1.82. The van der Waals surface area contributed by atoms with Gasteiger partial charge in [-0.2, -0.15) is 0 Å². The molecule has 0 radical (unpaired) electrons. The van der Waals surface area contributed by atoms with Crippen molar-refractivity contribution >= 4 is 11.9 Å². The number of carbonyl (C=O) groups excluding carboxylic acids is 2. The largest absolute Gasteiger partial charge is 0.490 e. The van der Waals surface area contributed by atoms with Gasteiger partial charge in [-0.15, -0.1) is 0 Å². The standard InChI is InChI=1S/C23H31N3O4/c1-5-24-23(28)26-22(27)21(17-11-9-8-10-12-17)25-16(4)18-13-14-19(29-6-2)20(15-18)30-7-3/h8-16,21,25H,5-7H2,1-4H3,(H2,24,26,27,28)/p+1/t16-,21+/m0/s1. The molecular weight excluding hydrogens is 382 g/mol. The van der Waals surface area contributed by atoms with Gasteiger partial charge in [0.25, 0.3) is 5.91 Å². The second-order valence-electron chi connectivity index (χ2n) is 6.79. The van der Waals surface area contributed by atoms with Gasteiger partial charge in [-0.1, -0.05) is 30.3 Å². The minimum atomic E-state index is -0.578. The predicted octanol–water partition coefficient (Wildman–Crippen LogP) is 2.70. The third-order valence-electron chi connectivity index (χ3n) is 4.59. The van der Waals surface area contributed by atoms with Crippen LogP contribution in [0.15, 0.2) is 48.5 Å². The van der Waals surface area contributed by atoms with E-state index in [1.807, 2.05) is 74.6 Å². The third kappa shape index (κ3) is 6.49. The summed E-state index contributed by atoms with van der Waals surface area (Å²) >= 11 is 0. The molecule has 162 valence electrons. The Kier molecular flexibility index (Phi) is 9.15. The molecule has 0 unspecified atom stereocenters. The van der Waals surface area contributed by atoms with Gasteiger partial charge in [0.1, 0.15) is 6.04 Å². The van der Waals surface area contributed by atoms with Gasteiger partial charge >= 0.3 is 6.03 Å². The summed E-state index contributed by atoms with van der Waals surface area (Å²) < 4.78 is 11.4. The molecule has 2 aromatic carbocycles. The SMILES string of the molecule is CCNC(=O)NC(=O)[C@H]([NH2+][C@@H](C)c1ccc(OCC)c(OCC)c1)c1ccccc1. The Bertz CT molecular complexity index is 826. The number of quaternary nitrogens is 1. The van der Waals surface area contributed by atoms with Gasteiger partial charge in [-0.05, 0) is 45.9 Å². The van der Waals surface area contributed by atoms with Crippen LogP contribution in [0.2, 0.25) is 0 Å². The second-order valence-corrected chi connectivity index (χ2v) is 6.79. The summed E-state index contributed by atoms with van der Waals surface area (Å²) in [4.78, 5) is 24.7. The molecule has 0 saturated heterocycles. The normalized spacial score (nSPS) is 12.5. The smallest absolute Gasteiger partial charge is 0.321 e. The lowest BCUT2D eigenvalue weighted by Gasteiger charge is -2.21. The summed E-state index contributed by atoms with van der Waals surface area (Å²) in [6.07, 6.45) is 0. The summed E-state index contributed by atoms with van der Waals surface area (Å²) in [7, 11) is 0. The Hall–Kier alpha value is -3.06. The number of benzene rings is 2. The number of carbonyl (C=O) groups is 2.